The van der Waals surface area contributed by atoms with Crippen molar-refractivity contribution in [3.05, 3.63) is 34.5 Å². The minimum atomic E-state index is -0.398. The van der Waals surface area contributed by atoms with Crippen LogP contribution in [0.4, 0.5) is 4.39 Å². The molecule has 0 atom stereocenters. The third-order valence-electron chi connectivity index (χ3n) is 2.45. The molecule has 0 aliphatic rings. The van der Waals surface area contributed by atoms with Gasteiger partial charge in [0.05, 0.1) is 13.7 Å². The number of amides is 1. The molecule has 0 saturated heterocycles. The second-order valence-electron chi connectivity index (χ2n) is 3.59. The Morgan fingerprint density at radius 2 is 2.22 bits per heavy atom. The van der Waals surface area contributed by atoms with Crippen LogP contribution in [0, 0.1) is 5.82 Å². The first-order valence-corrected chi connectivity index (χ1v) is 6.02. The second kappa shape index (κ2) is 5.43. The summed E-state index contributed by atoms with van der Waals surface area (Å²) in [5, 5.41) is 0.436. The van der Waals surface area contributed by atoms with Crippen LogP contribution >= 0.6 is 11.3 Å². The molecule has 0 radical (unpaired) electrons. The lowest BCUT2D eigenvalue weighted by Gasteiger charge is -2.03. The van der Waals surface area contributed by atoms with Gasteiger partial charge in [0.1, 0.15) is 10.7 Å². The van der Waals surface area contributed by atoms with Gasteiger partial charge in [-0.1, -0.05) is 6.07 Å². The molecular weight excluding hydrogens is 257 g/mol. The molecule has 2 aromatic rings. The zero-order valence-electron chi connectivity index (χ0n) is 9.95. The van der Waals surface area contributed by atoms with E-state index in [0.717, 1.165) is 0 Å². The highest BCUT2D eigenvalue weighted by molar-refractivity contribution is 7.21. The summed E-state index contributed by atoms with van der Waals surface area (Å²) in [6.45, 7) is 0.174. The molecule has 1 aromatic heterocycles. The van der Waals surface area contributed by atoms with Gasteiger partial charge in [-0.05, 0) is 12.1 Å². The lowest BCUT2D eigenvalue weighted by atomic mass is 10.1. The smallest absolute Gasteiger partial charge is 0.285 e. The van der Waals surface area contributed by atoms with E-state index in [0.29, 0.717) is 20.5 Å². The number of benzene rings is 1. The van der Waals surface area contributed by atoms with Crippen LogP contribution in [0.25, 0.3) is 10.1 Å². The van der Waals surface area contributed by atoms with Gasteiger partial charge < -0.3 is 4.74 Å². The molecule has 2 rings (SSSR count). The Balaban J connectivity index is 2.62. The standard InChI is InChI=1S/C12H12FNO3S/c1-16-6-7-10-8(13)4-3-5-9(10)18-11(7)12(15)14-17-2/h3-5H,6H2,1-2H3,(H,14,15). The van der Waals surface area contributed by atoms with Gasteiger partial charge in [-0.2, -0.15) is 0 Å². The van der Waals surface area contributed by atoms with Crippen molar-refractivity contribution in [2.45, 2.75) is 6.61 Å². The van der Waals surface area contributed by atoms with Crippen LogP contribution in [-0.2, 0) is 16.2 Å². The maximum Gasteiger partial charge on any atom is 0.285 e. The van der Waals surface area contributed by atoms with Gasteiger partial charge in [0.15, 0.2) is 0 Å². The summed E-state index contributed by atoms with van der Waals surface area (Å²) in [4.78, 5) is 16.8. The Bertz CT molecular complexity index is 582. The van der Waals surface area contributed by atoms with E-state index in [-0.39, 0.29) is 12.4 Å². The largest absolute Gasteiger partial charge is 0.380 e. The van der Waals surface area contributed by atoms with Crippen molar-refractivity contribution in [3.8, 4) is 0 Å². The molecule has 1 aromatic carbocycles. The molecule has 0 aliphatic carbocycles. The van der Waals surface area contributed by atoms with Gasteiger partial charge in [-0.3, -0.25) is 9.63 Å². The van der Waals surface area contributed by atoms with E-state index in [1.165, 1.54) is 31.6 Å². The summed E-state index contributed by atoms with van der Waals surface area (Å²) in [5.74, 6) is -0.752. The van der Waals surface area contributed by atoms with Crippen molar-refractivity contribution >= 4 is 27.3 Å². The van der Waals surface area contributed by atoms with Crippen molar-refractivity contribution in [1.29, 1.82) is 0 Å². The molecular formula is C12H12FNO3S. The number of carbonyl (C=O) groups excluding carboxylic acids is 1. The summed E-state index contributed by atoms with van der Waals surface area (Å²) in [5.41, 5.74) is 2.78. The molecule has 1 amide bonds. The van der Waals surface area contributed by atoms with Gasteiger partial charge in [0, 0.05) is 22.8 Å². The number of fused-ring (bicyclic) bond motifs is 1. The van der Waals surface area contributed by atoms with Crippen LogP contribution in [-0.4, -0.2) is 20.1 Å². The Labute approximate surface area is 107 Å². The summed E-state index contributed by atoms with van der Waals surface area (Å²) in [6.07, 6.45) is 0. The third kappa shape index (κ3) is 2.22. The fraction of sp³-hybridized carbons (Fsp3) is 0.250. The van der Waals surface area contributed by atoms with E-state index in [1.54, 1.807) is 12.1 Å². The van der Waals surface area contributed by atoms with Crippen LogP contribution < -0.4 is 5.48 Å². The van der Waals surface area contributed by atoms with E-state index in [9.17, 15) is 9.18 Å². The molecule has 0 unspecified atom stereocenters. The van der Waals surface area contributed by atoms with E-state index in [1.807, 2.05) is 0 Å². The molecule has 1 N–H and O–H groups in total. The molecule has 0 aliphatic heterocycles. The number of hydroxylamine groups is 1. The first-order chi connectivity index (χ1) is 8.69. The number of nitrogens with one attached hydrogen (secondary N) is 1. The molecule has 0 spiro atoms. The number of halogens is 1. The predicted octanol–water partition coefficient (Wildman–Crippen LogP) is 2.48. The van der Waals surface area contributed by atoms with E-state index in [2.05, 4.69) is 10.3 Å². The lowest BCUT2D eigenvalue weighted by molar-refractivity contribution is 0.0539. The van der Waals surface area contributed by atoms with E-state index in [4.69, 9.17) is 4.74 Å². The van der Waals surface area contributed by atoms with Crippen molar-refractivity contribution in [1.82, 2.24) is 5.48 Å². The number of thiophene rings is 1. The van der Waals surface area contributed by atoms with Crippen LogP contribution in [0.3, 0.4) is 0 Å². The normalized spacial score (nSPS) is 10.8. The zero-order valence-corrected chi connectivity index (χ0v) is 10.8. The molecule has 4 nitrogen and oxygen atoms in total. The maximum absolute atomic E-state index is 13.8. The fourth-order valence-electron chi connectivity index (χ4n) is 1.77. The van der Waals surface area contributed by atoms with Gasteiger partial charge in [0.25, 0.3) is 5.91 Å². The van der Waals surface area contributed by atoms with Gasteiger partial charge in [-0.15, -0.1) is 11.3 Å². The second-order valence-corrected chi connectivity index (χ2v) is 4.64. The Morgan fingerprint density at radius 3 is 2.89 bits per heavy atom. The van der Waals surface area contributed by atoms with Gasteiger partial charge >= 0.3 is 0 Å². The molecule has 18 heavy (non-hydrogen) atoms. The van der Waals surface area contributed by atoms with Crippen molar-refractivity contribution in [2.24, 2.45) is 0 Å². The maximum atomic E-state index is 13.8. The zero-order chi connectivity index (χ0) is 13.1. The van der Waals surface area contributed by atoms with Crippen molar-refractivity contribution < 1.29 is 18.8 Å². The topological polar surface area (TPSA) is 47.6 Å². The molecule has 0 bridgehead atoms. The summed E-state index contributed by atoms with van der Waals surface area (Å²) in [7, 11) is 2.85. The molecule has 0 saturated carbocycles. The number of ether oxygens (including phenoxy) is 1. The highest BCUT2D eigenvalue weighted by Gasteiger charge is 2.20. The average molecular weight is 269 g/mol. The first-order valence-electron chi connectivity index (χ1n) is 5.21. The molecule has 1 heterocycles. The first kappa shape index (κ1) is 12.9. The summed E-state index contributed by atoms with van der Waals surface area (Å²) in [6, 6.07) is 4.75. The highest BCUT2D eigenvalue weighted by Crippen LogP contribution is 2.33. The quantitative estimate of drug-likeness (QED) is 0.867. The third-order valence-corrected chi connectivity index (χ3v) is 3.65. The monoisotopic (exact) mass is 269 g/mol. The average Bonchev–Trinajstić information content (AvgIpc) is 2.70. The SMILES string of the molecule is COCc1c(C(=O)NOC)sc2cccc(F)c12. The van der Waals surface area contributed by atoms with Crippen LogP contribution in [0.1, 0.15) is 15.2 Å². The number of methoxy groups -OCH3 is 1. The number of hydrogen-bond donors (Lipinski definition) is 1. The van der Waals surface area contributed by atoms with Gasteiger partial charge in [0.2, 0.25) is 0 Å². The van der Waals surface area contributed by atoms with Crippen LogP contribution in [0.15, 0.2) is 18.2 Å². The lowest BCUT2D eigenvalue weighted by Crippen LogP contribution is -2.21. The summed E-state index contributed by atoms with van der Waals surface area (Å²) < 4.78 is 19.6. The molecule has 6 heteroatoms. The predicted molar refractivity (Wildman–Crippen MR) is 67.0 cm³/mol. The van der Waals surface area contributed by atoms with Crippen LogP contribution in [0.2, 0.25) is 0 Å². The minimum Gasteiger partial charge on any atom is -0.380 e. The number of rotatable bonds is 4. The van der Waals surface area contributed by atoms with Crippen molar-refractivity contribution in [3.63, 3.8) is 0 Å². The summed E-state index contributed by atoms with van der Waals surface area (Å²) >= 11 is 1.21. The van der Waals surface area contributed by atoms with Crippen molar-refractivity contribution in [2.75, 3.05) is 14.2 Å². The Hall–Kier alpha value is -1.50. The Morgan fingerprint density at radius 1 is 1.44 bits per heavy atom. The Kier molecular flexibility index (Phi) is 3.90. The molecule has 0 fully saturated rings. The fourth-order valence-corrected chi connectivity index (χ4v) is 2.88. The number of carbonyl (C=O) groups is 1. The number of hydrogen-bond acceptors (Lipinski definition) is 4. The van der Waals surface area contributed by atoms with E-state index < -0.39 is 5.91 Å². The highest BCUT2D eigenvalue weighted by atomic mass is 32.1. The minimum absolute atomic E-state index is 0.174. The van der Waals surface area contributed by atoms with E-state index >= 15 is 0 Å². The molecule has 96 valence electrons. The van der Waals surface area contributed by atoms with Gasteiger partial charge in [-0.25, -0.2) is 9.87 Å². The van der Waals surface area contributed by atoms with Crippen LogP contribution in [0.5, 0.6) is 0 Å².